The Morgan fingerprint density at radius 1 is 0.280 bits per heavy atom. The van der Waals surface area contributed by atoms with E-state index in [9.17, 15) is 19.2 Å². The number of nitrogens with zero attached hydrogens (tertiary/aromatic N) is 4. The van der Waals surface area contributed by atoms with Gasteiger partial charge in [-0.3, -0.25) is 19.2 Å². The fraction of sp³-hybridized carbons (Fsp3) is 0.0787. The van der Waals surface area contributed by atoms with Crippen LogP contribution in [0.25, 0.3) is 154 Å². The Morgan fingerprint density at radius 3 is 0.900 bits per heavy atom. The first kappa shape index (κ1) is 58.7. The van der Waals surface area contributed by atoms with E-state index in [1.165, 1.54) is 22.2 Å². The lowest BCUT2D eigenvalue weighted by Gasteiger charge is -2.21. The highest BCUT2D eigenvalue weighted by Crippen LogP contribution is 2.46. The van der Waals surface area contributed by atoms with Crippen molar-refractivity contribution in [3.63, 3.8) is 0 Å². The summed E-state index contributed by atoms with van der Waals surface area (Å²) in [6, 6.07) is 84.3. The van der Waals surface area contributed by atoms with E-state index in [0.29, 0.717) is 22.3 Å². The standard InChI is InChI=1S/C89H61BN4O6/c1-48-38-49(2)85(50(3)39-48)90(59-22-34-81-73(44-59)75-46-63(24-36-83(75)99-81)93-79-32-20-57(53(6)97)42-71(79)67-28-26-65-69-40-55(51(4)95)18-30-77(69)91(86(65)88(67)93)61-14-10-8-11-15-61)60-23-35-82-74(45-60)76-47-64(25-37-84(76)100-82)94-80-33-21-58(54(7)98)43-72(80)68-29-27-66-70-41-56(52(5)96)19-31-78(70)92(87(66)89(68)94)62-16-12-9-13-17-62/h8-47H,1-7H3. The van der Waals surface area contributed by atoms with Gasteiger partial charge in [0.2, 0.25) is 6.71 Å². The van der Waals surface area contributed by atoms with Crippen LogP contribution in [0.3, 0.4) is 0 Å². The fourth-order valence-corrected chi connectivity index (χ4v) is 16.7. The van der Waals surface area contributed by atoms with Crippen molar-refractivity contribution < 1.29 is 28.0 Å². The van der Waals surface area contributed by atoms with E-state index in [1.54, 1.807) is 27.7 Å². The highest BCUT2D eigenvalue weighted by molar-refractivity contribution is 6.96. The maximum Gasteiger partial charge on any atom is 0.241 e. The van der Waals surface area contributed by atoms with Crippen molar-refractivity contribution in [3.05, 3.63) is 282 Å². The van der Waals surface area contributed by atoms with Crippen LogP contribution in [0.2, 0.25) is 0 Å². The van der Waals surface area contributed by atoms with Gasteiger partial charge in [0.05, 0.1) is 44.1 Å². The zero-order valence-electron chi connectivity index (χ0n) is 55.9. The van der Waals surface area contributed by atoms with E-state index in [4.69, 9.17) is 8.83 Å². The quantitative estimate of drug-likeness (QED) is 0.0941. The third kappa shape index (κ3) is 8.64. The summed E-state index contributed by atoms with van der Waals surface area (Å²) in [4.78, 5) is 52.5. The maximum atomic E-state index is 13.2. The molecule has 0 unspecified atom stereocenters. The largest absolute Gasteiger partial charge is 0.456 e. The number of carbonyl (C=O) groups excluding carboxylic acids is 4. The van der Waals surface area contributed by atoms with Crippen molar-refractivity contribution in [3.8, 4) is 22.7 Å². The molecule has 11 heteroatoms. The van der Waals surface area contributed by atoms with Crippen LogP contribution in [0.5, 0.6) is 0 Å². The lowest BCUT2D eigenvalue weighted by Crippen LogP contribution is -2.54. The second-order valence-electron chi connectivity index (χ2n) is 27.2. The Balaban J connectivity index is 0.821. The molecule has 6 heterocycles. The van der Waals surface area contributed by atoms with E-state index < -0.39 is 0 Å². The van der Waals surface area contributed by atoms with Gasteiger partial charge in [-0.25, -0.2) is 0 Å². The van der Waals surface area contributed by atoms with Crippen molar-refractivity contribution in [2.75, 3.05) is 0 Å². The molecule has 19 aromatic rings. The second-order valence-corrected chi connectivity index (χ2v) is 27.2. The Labute approximate surface area is 573 Å². The average Bonchev–Trinajstić information content (AvgIpc) is 1.54. The van der Waals surface area contributed by atoms with Crippen molar-refractivity contribution in [1.29, 1.82) is 0 Å². The highest BCUT2D eigenvalue weighted by Gasteiger charge is 2.30. The van der Waals surface area contributed by atoms with Crippen molar-refractivity contribution >= 4 is 177 Å². The number of Topliss-reactive ketones (excluding diaryl/α,β-unsaturated/α-hetero) is 4. The van der Waals surface area contributed by atoms with Gasteiger partial charge in [0.1, 0.15) is 22.3 Å². The first-order chi connectivity index (χ1) is 48.6. The maximum absolute atomic E-state index is 13.2. The number of carbonyl (C=O) groups is 4. The van der Waals surface area contributed by atoms with Gasteiger partial charge in [0.15, 0.2) is 23.1 Å². The molecule has 0 atom stereocenters. The number of hydrogen-bond donors (Lipinski definition) is 0. The molecule has 0 aliphatic heterocycles. The van der Waals surface area contributed by atoms with Crippen LogP contribution in [0.15, 0.2) is 251 Å². The summed E-state index contributed by atoms with van der Waals surface area (Å²) < 4.78 is 23.0. The van der Waals surface area contributed by atoms with Gasteiger partial charge >= 0.3 is 0 Å². The number of para-hydroxylation sites is 2. The lowest BCUT2D eigenvalue weighted by atomic mass is 9.35. The molecule has 0 amide bonds. The lowest BCUT2D eigenvalue weighted by molar-refractivity contribution is 0.100. The SMILES string of the molecule is CC(=O)c1ccc2c(c1)c1ccc3c4cc(C(C)=O)ccc4n(-c4ccc5oc6ccc(B(c7ccc8oc9ccc(-n%10c%11ccc(C(C)=O)cc%11c%11ccc%12c%13cc(C(C)=O)ccc%13n(-c%13ccccc%13)c%12c%11%10)cc9c8c7)c7c(C)cc(C)cc7C)cc6c5c4)c3c1n2-c1ccccc1. The summed E-state index contributed by atoms with van der Waals surface area (Å²) in [6.45, 7) is 12.8. The smallest absolute Gasteiger partial charge is 0.241 e. The van der Waals surface area contributed by atoms with Gasteiger partial charge < -0.3 is 27.1 Å². The molecule has 0 bridgehead atoms. The number of rotatable bonds is 11. The molecule has 476 valence electrons. The summed E-state index contributed by atoms with van der Waals surface area (Å²) in [7, 11) is 0. The van der Waals surface area contributed by atoms with Gasteiger partial charge in [-0.2, -0.15) is 0 Å². The number of ketones is 4. The van der Waals surface area contributed by atoms with E-state index in [-0.39, 0.29) is 29.8 Å². The van der Waals surface area contributed by atoms with E-state index in [0.717, 1.165) is 165 Å². The van der Waals surface area contributed by atoms with Crippen molar-refractivity contribution in [2.24, 2.45) is 0 Å². The number of benzene rings is 13. The van der Waals surface area contributed by atoms with Crippen LogP contribution in [0.1, 0.15) is 85.8 Å². The summed E-state index contributed by atoms with van der Waals surface area (Å²) >= 11 is 0. The monoisotopic (exact) mass is 1290 g/mol. The Morgan fingerprint density at radius 2 is 0.580 bits per heavy atom. The predicted molar refractivity (Wildman–Crippen MR) is 410 cm³/mol. The summed E-state index contributed by atoms with van der Waals surface area (Å²) in [5.41, 5.74) is 24.1. The molecule has 0 saturated heterocycles. The number of hydrogen-bond acceptors (Lipinski definition) is 6. The molecule has 10 nitrogen and oxygen atoms in total. The molecule has 100 heavy (non-hydrogen) atoms. The number of fused-ring (bicyclic) bond motifs is 20. The van der Waals surface area contributed by atoms with Crippen LogP contribution in [0.4, 0.5) is 0 Å². The molecule has 0 aliphatic rings. The molecule has 0 radical (unpaired) electrons. The molecular weight excluding hydrogens is 1230 g/mol. The fourth-order valence-electron chi connectivity index (χ4n) is 16.7. The predicted octanol–water partition coefficient (Wildman–Crippen LogP) is 20.1. The zero-order valence-corrected chi connectivity index (χ0v) is 55.9. The first-order valence-electron chi connectivity index (χ1n) is 33.9. The Bertz CT molecular complexity index is 6480. The molecular formula is C89H61BN4O6. The van der Waals surface area contributed by atoms with Crippen LogP contribution in [-0.4, -0.2) is 48.1 Å². The normalized spacial score (nSPS) is 12.1. The summed E-state index contributed by atoms with van der Waals surface area (Å²) in [5.74, 6) is -0.0225. The molecule has 6 aromatic heterocycles. The molecule has 0 N–H and O–H groups in total. The Kier molecular flexibility index (Phi) is 12.7. The highest BCUT2D eigenvalue weighted by atomic mass is 16.3. The van der Waals surface area contributed by atoms with Crippen molar-refractivity contribution in [2.45, 2.75) is 48.5 Å². The van der Waals surface area contributed by atoms with Gasteiger partial charge in [0.25, 0.3) is 0 Å². The molecule has 0 aliphatic carbocycles. The van der Waals surface area contributed by atoms with E-state index in [2.05, 4.69) is 221 Å². The second kappa shape index (κ2) is 21.7. The molecule has 0 fully saturated rings. The number of aryl methyl sites for hydroxylation is 3. The third-order valence-electron chi connectivity index (χ3n) is 21.1. The molecule has 19 rings (SSSR count). The third-order valence-corrected chi connectivity index (χ3v) is 21.1. The topological polar surface area (TPSA) is 114 Å². The minimum Gasteiger partial charge on any atom is -0.456 e. The minimum absolute atomic E-state index is 0.000376. The van der Waals surface area contributed by atoms with Crippen molar-refractivity contribution in [1.82, 2.24) is 18.3 Å². The van der Waals surface area contributed by atoms with E-state index >= 15 is 0 Å². The Hall–Kier alpha value is -12.6. The number of furan rings is 2. The van der Waals surface area contributed by atoms with E-state index in [1.807, 2.05) is 60.7 Å². The molecule has 0 spiro atoms. The van der Waals surface area contributed by atoms with Gasteiger partial charge in [-0.1, -0.05) is 130 Å². The van der Waals surface area contributed by atoms with Crippen LogP contribution < -0.4 is 16.4 Å². The summed E-state index contributed by atoms with van der Waals surface area (Å²) in [5, 5.41) is 11.7. The molecule has 0 saturated carbocycles. The van der Waals surface area contributed by atoms with Crippen LogP contribution in [0, 0.1) is 20.8 Å². The molecule has 13 aromatic carbocycles. The minimum atomic E-state index is -0.232. The van der Waals surface area contributed by atoms with Crippen LogP contribution in [-0.2, 0) is 0 Å². The first-order valence-corrected chi connectivity index (χ1v) is 33.9. The van der Waals surface area contributed by atoms with Gasteiger partial charge in [-0.15, -0.1) is 0 Å². The van der Waals surface area contributed by atoms with Gasteiger partial charge in [-0.05, 0) is 194 Å². The van der Waals surface area contributed by atoms with Crippen LogP contribution >= 0.6 is 0 Å². The zero-order chi connectivity index (χ0) is 67.8. The average molecular weight is 1290 g/mol. The number of aromatic nitrogens is 4. The summed E-state index contributed by atoms with van der Waals surface area (Å²) in [6.07, 6.45) is 0. The van der Waals surface area contributed by atoms with Gasteiger partial charge in [0, 0.05) is 110 Å².